The maximum atomic E-state index is 11.7. The maximum Gasteiger partial charge on any atom is 0.307 e. The van der Waals surface area contributed by atoms with Crippen LogP contribution in [-0.2, 0) is 9.59 Å². The van der Waals surface area contributed by atoms with E-state index in [4.69, 9.17) is 10.2 Å². The van der Waals surface area contributed by atoms with E-state index in [1.54, 1.807) is 4.90 Å². The molecule has 0 heterocycles. The fourth-order valence-electron chi connectivity index (χ4n) is 1.66. The second kappa shape index (κ2) is 5.11. The Kier molecular flexibility index (Phi) is 4.08. The Bertz CT molecular complexity index is 254. The number of carbonyl (C=O) groups excluding carboxylic acids is 1. The van der Waals surface area contributed by atoms with E-state index in [-0.39, 0.29) is 18.4 Å². The lowest BCUT2D eigenvalue weighted by Gasteiger charge is -2.20. The highest BCUT2D eigenvalue weighted by Crippen LogP contribution is 2.40. The van der Waals surface area contributed by atoms with E-state index in [9.17, 15) is 9.59 Å². The first-order valence-electron chi connectivity index (χ1n) is 5.24. The fraction of sp³-hybridized carbons (Fsp3) is 0.800. The summed E-state index contributed by atoms with van der Waals surface area (Å²) in [5.41, 5.74) is 0. The van der Waals surface area contributed by atoms with E-state index in [1.165, 1.54) is 0 Å². The number of amides is 1. The minimum atomic E-state index is -0.883. The second-order valence-electron chi connectivity index (χ2n) is 3.78. The van der Waals surface area contributed by atoms with Gasteiger partial charge in [-0.3, -0.25) is 9.59 Å². The van der Waals surface area contributed by atoms with Gasteiger partial charge in [-0.15, -0.1) is 0 Å². The van der Waals surface area contributed by atoms with Crippen molar-refractivity contribution in [2.24, 2.45) is 11.8 Å². The number of hydrogen-bond donors (Lipinski definition) is 2. The second-order valence-corrected chi connectivity index (χ2v) is 3.78. The number of carboxylic acids is 1. The lowest BCUT2D eigenvalue weighted by atomic mass is 10.2. The number of carboxylic acid groups (broad SMARTS) is 1. The molecule has 2 atom stereocenters. The highest BCUT2D eigenvalue weighted by molar-refractivity contribution is 5.89. The first kappa shape index (κ1) is 12.0. The van der Waals surface area contributed by atoms with Crippen LogP contribution in [0.5, 0.6) is 0 Å². The molecule has 86 valence electrons. The summed E-state index contributed by atoms with van der Waals surface area (Å²) in [6.07, 6.45) is 1.01. The summed E-state index contributed by atoms with van der Waals surface area (Å²) in [6, 6.07) is 0. The number of rotatable bonds is 6. The third-order valence-electron chi connectivity index (χ3n) is 2.70. The number of hydrogen-bond acceptors (Lipinski definition) is 3. The number of nitrogens with zero attached hydrogens (tertiary/aromatic N) is 1. The molecule has 0 aromatic carbocycles. The van der Waals surface area contributed by atoms with Crippen LogP contribution in [0.3, 0.4) is 0 Å². The molecular weight excluding hydrogens is 198 g/mol. The van der Waals surface area contributed by atoms with Gasteiger partial charge in [-0.2, -0.15) is 0 Å². The standard InChI is InChI=1S/C10H17NO4/c1-2-11(4-3-5-12)9(13)7-6-8(7)10(14)15/h7-8,12H,2-6H2,1H3,(H,14,15). The molecule has 0 radical (unpaired) electrons. The molecule has 1 rings (SSSR count). The maximum absolute atomic E-state index is 11.7. The van der Waals surface area contributed by atoms with Crippen molar-refractivity contribution in [1.29, 1.82) is 0 Å². The van der Waals surface area contributed by atoms with Crippen molar-refractivity contribution in [2.45, 2.75) is 19.8 Å². The molecule has 15 heavy (non-hydrogen) atoms. The smallest absolute Gasteiger partial charge is 0.307 e. The molecule has 0 spiro atoms. The normalized spacial score (nSPS) is 23.6. The van der Waals surface area contributed by atoms with Gasteiger partial charge in [0, 0.05) is 19.7 Å². The molecule has 0 aliphatic heterocycles. The average molecular weight is 215 g/mol. The average Bonchev–Trinajstić information content (AvgIpc) is 2.98. The van der Waals surface area contributed by atoms with E-state index < -0.39 is 11.9 Å². The Morgan fingerprint density at radius 3 is 2.47 bits per heavy atom. The molecule has 2 N–H and O–H groups in total. The van der Waals surface area contributed by atoms with Crippen LogP contribution >= 0.6 is 0 Å². The van der Waals surface area contributed by atoms with Gasteiger partial charge in [0.2, 0.25) is 5.91 Å². The first-order valence-corrected chi connectivity index (χ1v) is 5.24. The van der Waals surface area contributed by atoms with Crippen LogP contribution in [0, 0.1) is 11.8 Å². The number of aliphatic hydroxyl groups excluding tert-OH is 1. The van der Waals surface area contributed by atoms with Crippen molar-refractivity contribution in [1.82, 2.24) is 4.90 Å². The van der Waals surface area contributed by atoms with Crippen molar-refractivity contribution >= 4 is 11.9 Å². The zero-order chi connectivity index (χ0) is 11.4. The molecule has 0 aromatic heterocycles. The first-order chi connectivity index (χ1) is 7.11. The molecule has 1 aliphatic carbocycles. The molecule has 0 bridgehead atoms. The zero-order valence-corrected chi connectivity index (χ0v) is 8.85. The third-order valence-corrected chi connectivity index (χ3v) is 2.70. The van der Waals surface area contributed by atoms with Gasteiger partial charge in [0.25, 0.3) is 0 Å². The van der Waals surface area contributed by atoms with Crippen molar-refractivity contribution in [2.75, 3.05) is 19.7 Å². The van der Waals surface area contributed by atoms with Gasteiger partial charge in [0.1, 0.15) is 0 Å². The van der Waals surface area contributed by atoms with Gasteiger partial charge in [0.05, 0.1) is 11.8 Å². The quantitative estimate of drug-likeness (QED) is 0.650. The van der Waals surface area contributed by atoms with Crippen molar-refractivity contribution < 1.29 is 19.8 Å². The molecular formula is C10H17NO4. The number of carbonyl (C=O) groups is 2. The summed E-state index contributed by atoms with van der Waals surface area (Å²) in [7, 11) is 0. The predicted octanol–water partition coefficient (Wildman–Crippen LogP) is -0.0620. The number of aliphatic carboxylic acids is 1. The largest absolute Gasteiger partial charge is 0.481 e. The van der Waals surface area contributed by atoms with Gasteiger partial charge in [-0.1, -0.05) is 0 Å². The third kappa shape index (κ3) is 2.92. The van der Waals surface area contributed by atoms with Crippen LogP contribution < -0.4 is 0 Å². The molecule has 1 amide bonds. The van der Waals surface area contributed by atoms with Gasteiger partial charge in [0.15, 0.2) is 0 Å². The SMILES string of the molecule is CCN(CCCO)C(=O)C1CC1C(=O)O. The van der Waals surface area contributed by atoms with Gasteiger partial charge in [-0.25, -0.2) is 0 Å². The summed E-state index contributed by atoms with van der Waals surface area (Å²) in [5, 5.41) is 17.3. The van der Waals surface area contributed by atoms with Crippen LogP contribution in [-0.4, -0.2) is 46.7 Å². The molecule has 1 aliphatic rings. The Morgan fingerprint density at radius 1 is 1.40 bits per heavy atom. The summed E-state index contributed by atoms with van der Waals surface area (Å²) < 4.78 is 0. The predicted molar refractivity (Wildman–Crippen MR) is 53.2 cm³/mol. The molecule has 5 nitrogen and oxygen atoms in total. The molecule has 1 saturated carbocycles. The Labute approximate surface area is 88.7 Å². The monoisotopic (exact) mass is 215 g/mol. The lowest BCUT2D eigenvalue weighted by Crippen LogP contribution is -2.34. The van der Waals surface area contributed by atoms with Gasteiger partial charge in [-0.05, 0) is 19.8 Å². The molecule has 5 heteroatoms. The van der Waals surface area contributed by atoms with Crippen molar-refractivity contribution in [3.63, 3.8) is 0 Å². The summed E-state index contributed by atoms with van der Waals surface area (Å²) in [4.78, 5) is 23.9. The minimum Gasteiger partial charge on any atom is -0.481 e. The van der Waals surface area contributed by atoms with E-state index in [0.717, 1.165) is 0 Å². The van der Waals surface area contributed by atoms with E-state index in [0.29, 0.717) is 25.9 Å². The Balaban J connectivity index is 2.41. The van der Waals surface area contributed by atoms with E-state index in [2.05, 4.69) is 0 Å². The minimum absolute atomic E-state index is 0.0524. The Hall–Kier alpha value is -1.10. The fourth-order valence-corrected chi connectivity index (χ4v) is 1.66. The van der Waals surface area contributed by atoms with Crippen LogP contribution in [0.1, 0.15) is 19.8 Å². The van der Waals surface area contributed by atoms with E-state index in [1.807, 2.05) is 6.92 Å². The van der Waals surface area contributed by atoms with Gasteiger partial charge >= 0.3 is 5.97 Å². The molecule has 1 fully saturated rings. The van der Waals surface area contributed by atoms with Crippen LogP contribution in [0.4, 0.5) is 0 Å². The van der Waals surface area contributed by atoms with Crippen LogP contribution in [0.15, 0.2) is 0 Å². The topological polar surface area (TPSA) is 77.8 Å². The van der Waals surface area contributed by atoms with Gasteiger partial charge < -0.3 is 15.1 Å². The lowest BCUT2D eigenvalue weighted by molar-refractivity contribution is -0.142. The zero-order valence-electron chi connectivity index (χ0n) is 8.85. The van der Waals surface area contributed by atoms with Crippen molar-refractivity contribution in [3.05, 3.63) is 0 Å². The number of aliphatic hydroxyl groups is 1. The van der Waals surface area contributed by atoms with Crippen molar-refractivity contribution in [3.8, 4) is 0 Å². The molecule has 0 saturated heterocycles. The molecule has 0 aromatic rings. The summed E-state index contributed by atoms with van der Waals surface area (Å²) in [5.74, 6) is -1.79. The molecule has 2 unspecified atom stereocenters. The van der Waals surface area contributed by atoms with Crippen LogP contribution in [0.2, 0.25) is 0 Å². The Morgan fingerprint density at radius 2 is 2.07 bits per heavy atom. The van der Waals surface area contributed by atoms with Crippen LogP contribution in [0.25, 0.3) is 0 Å². The summed E-state index contributed by atoms with van der Waals surface area (Å²) in [6.45, 7) is 2.99. The summed E-state index contributed by atoms with van der Waals surface area (Å²) >= 11 is 0. The van der Waals surface area contributed by atoms with E-state index >= 15 is 0 Å². The highest BCUT2D eigenvalue weighted by atomic mass is 16.4. The highest BCUT2D eigenvalue weighted by Gasteiger charge is 2.49.